The first-order valence-electron chi connectivity index (χ1n) is 19.4. The molecule has 6 aromatic rings. The number of carbonyl (C=O) groups excluding carboxylic acids is 1. The Morgan fingerprint density at radius 1 is 0.839 bits per heavy atom. The van der Waals surface area contributed by atoms with Gasteiger partial charge in [0, 0.05) is 50.9 Å². The van der Waals surface area contributed by atoms with Gasteiger partial charge in [0.2, 0.25) is 0 Å². The SMILES string of the molecule is CN1CCC[C@H]1COc1nc(N2CCN(C(=O)OCc3ccccc3)[C@@H](CC#N)C2)c2c(n1)c(Cc1cc(OCc3ccccc3)cc3ccccc13)cn2C. The number of likely N-dealkylation sites (tertiary alicyclic amines) is 1. The Morgan fingerprint density at radius 2 is 1.59 bits per heavy atom. The molecule has 4 aromatic carbocycles. The largest absolute Gasteiger partial charge is 0.489 e. The van der Waals surface area contributed by atoms with Crippen LogP contribution in [0.4, 0.5) is 10.6 Å². The van der Waals surface area contributed by atoms with Gasteiger partial charge in [-0.1, -0.05) is 84.9 Å². The maximum atomic E-state index is 13.4. The van der Waals surface area contributed by atoms with Crippen molar-refractivity contribution in [1.29, 1.82) is 5.26 Å². The van der Waals surface area contributed by atoms with Crippen molar-refractivity contribution in [3.63, 3.8) is 0 Å². The number of fused-ring (bicyclic) bond motifs is 2. The molecule has 2 aromatic heterocycles. The molecule has 11 nitrogen and oxygen atoms in total. The molecule has 0 radical (unpaired) electrons. The number of aryl methyl sites for hydroxylation is 1. The van der Waals surface area contributed by atoms with Crippen molar-refractivity contribution in [1.82, 2.24) is 24.3 Å². The van der Waals surface area contributed by atoms with E-state index < -0.39 is 6.09 Å². The van der Waals surface area contributed by atoms with E-state index >= 15 is 0 Å². The minimum atomic E-state index is -0.422. The zero-order valence-electron chi connectivity index (χ0n) is 32.0. The van der Waals surface area contributed by atoms with Gasteiger partial charge in [-0.05, 0) is 66.0 Å². The second-order valence-electron chi connectivity index (χ2n) is 14.8. The minimum absolute atomic E-state index is 0.163. The molecule has 8 rings (SSSR count). The van der Waals surface area contributed by atoms with Crippen molar-refractivity contribution in [3.05, 3.63) is 126 Å². The van der Waals surface area contributed by atoms with Crippen LogP contribution in [0, 0.1) is 11.3 Å². The third-order valence-electron chi connectivity index (χ3n) is 11.0. The average Bonchev–Trinajstić information content (AvgIpc) is 3.79. The zero-order valence-corrected chi connectivity index (χ0v) is 32.0. The van der Waals surface area contributed by atoms with Crippen LogP contribution in [0.3, 0.4) is 0 Å². The molecule has 286 valence electrons. The first-order chi connectivity index (χ1) is 27.4. The number of carbonyl (C=O) groups is 1. The summed E-state index contributed by atoms with van der Waals surface area (Å²) < 4.78 is 20.6. The molecule has 0 aliphatic carbocycles. The summed E-state index contributed by atoms with van der Waals surface area (Å²) in [5.41, 5.74) is 5.88. The van der Waals surface area contributed by atoms with Crippen LogP contribution in [0.15, 0.2) is 103 Å². The summed E-state index contributed by atoms with van der Waals surface area (Å²) in [5.74, 6) is 1.54. The predicted octanol–water partition coefficient (Wildman–Crippen LogP) is 7.51. The quantitative estimate of drug-likeness (QED) is 0.126. The van der Waals surface area contributed by atoms with Gasteiger partial charge in [0.15, 0.2) is 5.82 Å². The number of likely N-dealkylation sites (N-methyl/N-ethyl adjacent to an activating group) is 1. The Kier molecular flexibility index (Phi) is 11.0. The molecule has 4 heterocycles. The molecule has 0 N–H and O–H groups in total. The highest BCUT2D eigenvalue weighted by Gasteiger charge is 2.34. The third kappa shape index (κ3) is 8.11. The molecule has 0 bridgehead atoms. The highest BCUT2D eigenvalue weighted by atomic mass is 16.6. The average molecular weight is 750 g/mol. The number of nitrogens with zero attached hydrogens (tertiary/aromatic N) is 7. The van der Waals surface area contributed by atoms with Crippen molar-refractivity contribution in [3.8, 4) is 17.8 Å². The van der Waals surface area contributed by atoms with Gasteiger partial charge in [0.1, 0.15) is 36.6 Å². The van der Waals surface area contributed by atoms with Gasteiger partial charge in [-0.25, -0.2) is 4.79 Å². The van der Waals surface area contributed by atoms with Crippen molar-refractivity contribution in [2.75, 3.05) is 44.7 Å². The summed E-state index contributed by atoms with van der Waals surface area (Å²) in [6.07, 6.45) is 4.69. The number of amides is 1. The van der Waals surface area contributed by atoms with E-state index in [2.05, 4.69) is 82.2 Å². The molecule has 2 aliphatic heterocycles. The first-order valence-corrected chi connectivity index (χ1v) is 19.4. The molecule has 56 heavy (non-hydrogen) atoms. The molecular formula is C45H47N7O4. The molecular weight excluding hydrogens is 703 g/mol. The topological polar surface area (TPSA) is 109 Å². The van der Waals surface area contributed by atoms with Gasteiger partial charge in [-0.15, -0.1) is 0 Å². The Hall–Kier alpha value is -6.12. The van der Waals surface area contributed by atoms with Gasteiger partial charge in [0.25, 0.3) is 0 Å². The fourth-order valence-corrected chi connectivity index (χ4v) is 8.01. The van der Waals surface area contributed by atoms with Crippen molar-refractivity contribution < 1.29 is 19.0 Å². The lowest BCUT2D eigenvalue weighted by Gasteiger charge is -2.40. The van der Waals surface area contributed by atoms with Crippen LogP contribution in [0.25, 0.3) is 21.8 Å². The van der Waals surface area contributed by atoms with E-state index in [-0.39, 0.29) is 19.1 Å². The molecule has 0 saturated carbocycles. The molecule has 0 unspecified atom stereocenters. The summed E-state index contributed by atoms with van der Waals surface area (Å²) in [4.78, 5) is 29.7. The molecule has 2 aliphatic rings. The van der Waals surface area contributed by atoms with Crippen LogP contribution in [0.5, 0.6) is 11.8 Å². The van der Waals surface area contributed by atoms with Crippen LogP contribution >= 0.6 is 0 Å². The monoisotopic (exact) mass is 749 g/mol. The zero-order chi connectivity index (χ0) is 38.4. The number of hydrogen-bond donors (Lipinski definition) is 0. The van der Waals surface area contributed by atoms with Crippen LogP contribution in [0.1, 0.15) is 41.5 Å². The lowest BCUT2D eigenvalue weighted by atomic mass is 9.98. The van der Waals surface area contributed by atoms with Crippen molar-refractivity contribution >= 4 is 33.7 Å². The number of rotatable bonds is 12. The third-order valence-corrected chi connectivity index (χ3v) is 11.0. The summed E-state index contributed by atoms with van der Waals surface area (Å²) in [7, 11) is 4.15. The Morgan fingerprint density at radius 3 is 2.34 bits per heavy atom. The maximum absolute atomic E-state index is 13.4. The number of piperazine rings is 1. The van der Waals surface area contributed by atoms with E-state index in [0.29, 0.717) is 51.3 Å². The molecule has 11 heteroatoms. The fourth-order valence-electron chi connectivity index (χ4n) is 8.01. The van der Waals surface area contributed by atoms with E-state index in [0.717, 1.165) is 75.0 Å². The van der Waals surface area contributed by atoms with E-state index in [1.54, 1.807) is 4.90 Å². The maximum Gasteiger partial charge on any atom is 0.410 e. The Balaban J connectivity index is 1.12. The summed E-state index contributed by atoms with van der Waals surface area (Å²) in [5, 5.41) is 12.1. The van der Waals surface area contributed by atoms with Crippen molar-refractivity contribution in [2.24, 2.45) is 7.05 Å². The number of anilines is 1. The second kappa shape index (κ2) is 16.7. The van der Waals surface area contributed by atoms with Gasteiger partial charge < -0.3 is 33.5 Å². The predicted molar refractivity (Wildman–Crippen MR) is 217 cm³/mol. The molecule has 2 atom stereocenters. The van der Waals surface area contributed by atoms with E-state index in [9.17, 15) is 10.1 Å². The molecule has 1 amide bonds. The number of aromatic nitrogens is 3. The summed E-state index contributed by atoms with van der Waals surface area (Å²) >= 11 is 0. The van der Waals surface area contributed by atoms with E-state index in [4.69, 9.17) is 24.2 Å². The highest BCUT2D eigenvalue weighted by molar-refractivity contribution is 5.92. The first kappa shape index (κ1) is 36.8. The summed E-state index contributed by atoms with van der Waals surface area (Å²) in [6, 6.07) is 35.0. The summed E-state index contributed by atoms with van der Waals surface area (Å²) in [6.45, 7) is 3.49. The van der Waals surface area contributed by atoms with E-state index in [1.165, 1.54) is 0 Å². The van der Waals surface area contributed by atoms with Crippen LogP contribution in [-0.4, -0.2) is 82.3 Å². The number of ether oxygens (including phenoxy) is 3. The lowest BCUT2D eigenvalue weighted by molar-refractivity contribution is 0.0768. The minimum Gasteiger partial charge on any atom is -0.489 e. The number of hydrogen-bond acceptors (Lipinski definition) is 9. The normalized spacial score (nSPS) is 17.3. The lowest BCUT2D eigenvalue weighted by Crippen LogP contribution is -2.55. The molecule has 2 fully saturated rings. The van der Waals surface area contributed by atoms with Crippen LogP contribution in [0.2, 0.25) is 0 Å². The Labute approximate surface area is 327 Å². The van der Waals surface area contributed by atoms with Gasteiger partial charge in [-0.3, -0.25) is 0 Å². The number of nitriles is 1. The molecule has 0 spiro atoms. The van der Waals surface area contributed by atoms with Crippen LogP contribution in [-0.2, 0) is 31.4 Å². The highest BCUT2D eigenvalue weighted by Crippen LogP contribution is 2.35. The van der Waals surface area contributed by atoms with Gasteiger partial charge in [-0.2, -0.15) is 15.2 Å². The molecule has 2 saturated heterocycles. The smallest absolute Gasteiger partial charge is 0.410 e. The fraction of sp³-hybridized carbons (Fsp3) is 0.333. The van der Waals surface area contributed by atoms with Gasteiger partial charge in [0.05, 0.1) is 18.5 Å². The van der Waals surface area contributed by atoms with Crippen LogP contribution < -0.4 is 14.4 Å². The number of benzene rings is 4. The Bertz CT molecular complexity index is 2340. The standard InChI is InChI=1S/C45H47N7O4/c1-49-21-11-17-38(49)31-55-44-47-41-36(24-35-26-39(25-34-16-9-10-18-40(34)35)54-29-32-12-5-3-6-13-32)27-50(2)42(41)43(48-44)51-22-23-52(37(28-51)19-20-46)45(53)56-30-33-14-7-4-8-15-33/h3-10,12-16,18,25-27,37-38H,11,17,19,21-24,28-31H2,1-2H3/t37-,38-/m0/s1. The van der Waals surface area contributed by atoms with Gasteiger partial charge >= 0.3 is 12.1 Å². The van der Waals surface area contributed by atoms with E-state index in [1.807, 2.05) is 55.6 Å². The van der Waals surface area contributed by atoms with Crippen molar-refractivity contribution in [2.45, 2.75) is 51.0 Å². The second-order valence-corrected chi connectivity index (χ2v) is 14.8.